The van der Waals surface area contributed by atoms with Crippen molar-refractivity contribution in [3.8, 4) is 0 Å². The zero-order chi connectivity index (χ0) is 14.5. The van der Waals surface area contributed by atoms with E-state index in [-0.39, 0.29) is 35.3 Å². The molecule has 0 saturated carbocycles. The Balaban J connectivity index is 3.07. The quantitative estimate of drug-likeness (QED) is 0.776. The van der Waals surface area contributed by atoms with Crippen LogP contribution >= 0.6 is 23.2 Å². The Morgan fingerprint density at radius 3 is 1.95 bits per heavy atom. The third-order valence-corrected chi connectivity index (χ3v) is 4.66. The SMILES string of the molecule is O=C(O)c1ccc(S(=O)(=O)N(CCCl)CCCl)cc1. The average molecular weight is 326 g/mol. The highest BCUT2D eigenvalue weighted by atomic mass is 35.5. The summed E-state index contributed by atoms with van der Waals surface area (Å²) >= 11 is 11.1. The Bertz CT molecular complexity index is 524. The van der Waals surface area contributed by atoms with Gasteiger partial charge in [0.15, 0.2) is 0 Å². The van der Waals surface area contributed by atoms with Crippen LogP contribution in [0.5, 0.6) is 0 Å². The Morgan fingerprint density at radius 2 is 1.58 bits per heavy atom. The highest BCUT2D eigenvalue weighted by molar-refractivity contribution is 7.89. The van der Waals surface area contributed by atoms with Crippen LogP contribution in [0.3, 0.4) is 0 Å². The molecular weight excluding hydrogens is 313 g/mol. The summed E-state index contributed by atoms with van der Waals surface area (Å²) in [4.78, 5) is 10.7. The molecule has 8 heteroatoms. The van der Waals surface area contributed by atoms with Crippen molar-refractivity contribution in [3.05, 3.63) is 29.8 Å². The maximum Gasteiger partial charge on any atom is 0.335 e. The fourth-order valence-electron chi connectivity index (χ4n) is 1.46. The van der Waals surface area contributed by atoms with E-state index in [1.807, 2.05) is 0 Å². The van der Waals surface area contributed by atoms with Gasteiger partial charge in [0.2, 0.25) is 10.0 Å². The molecule has 0 spiro atoms. The van der Waals surface area contributed by atoms with E-state index < -0.39 is 16.0 Å². The van der Waals surface area contributed by atoms with Crippen molar-refractivity contribution in [2.45, 2.75) is 4.90 Å². The molecule has 0 radical (unpaired) electrons. The Hall–Kier alpha value is -0.820. The summed E-state index contributed by atoms with van der Waals surface area (Å²) in [7, 11) is -3.70. The number of halogens is 2. The zero-order valence-electron chi connectivity index (χ0n) is 9.92. The minimum atomic E-state index is -3.70. The largest absolute Gasteiger partial charge is 0.478 e. The minimum Gasteiger partial charge on any atom is -0.478 e. The molecule has 0 amide bonds. The number of carboxylic acids is 1. The van der Waals surface area contributed by atoms with E-state index in [9.17, 15) is 13.2 Å². The van der Waals surface area contributed by atoms with Gasteiger partial charge in [-0.25, -0.2) is 13.2 Å². The lowest BCUT2D eigenvalue weighted by molar-refractivity contribution is 0.0696. The normalized spacial score (nSPS) is 11.7. The van der Waals surface area contributed by atoms with E-state index >= 15 is 0 Å². The van der Waals surface area contributed by atoms with Gasteiger partial charge in [0.1, 0.15) is 0 Å². The Labute approximate surface area is 121 Å². The first-order valence-corrected chi connectivity index (χ1v) is 7.90. The molecule has 106 valence electrons. The monoisotopic (exact) mass is 325 g/mol. The van der Waals surface area contributed by atoms with Crippen LogP contribution in [0.4, 0.5) is 0 Å². The molecule has 0 atom stereocenters. The van der Waals surface area contributed by atoms with Gasteiger partial charge >= 0.3 is 5.97 Å². The molecular formula is C11H13Cl2NO4S. The second kappa shape index (κ2) is 7.09. The van der Waals surface area contributed by atoms with Gasteiger partial charge in [0.25, 0.3) is 0 Å². The summed E-state index contributed by atoms with van der Waals surface area (Å²) in [6.45, 7) is 0.300. The predicted molar refractivity (Wildman–Crippen MR) is 73.6 cm³/mol. The molecule has 0 unspecified atom stereocenters. The lowest BCUT2D eigenvalue weighted by Gasteiger charge is -2.20. The van der Waals surface area contributed by atoms with Crippen molar-refractivity contribution in [2.24, 2.45) is 0 Å². The lowest BCUT2D eigenvalue weighted by Crippen LogP contribution is -2.34. The van der Waals surface area contributed by atoms with Crippen molar-refractivity contribution < 1.29 is 18.3 Å². The zero-order valence-corrected chi connectivity index (χ0v) is 12.2. The van der Waals surface area contributed by atoms with Gasteiger partial charge in [-0.05, 0) is 24.3 Å². The first kappa shape index (κ1) is 16.2. The summed E-state index contributed by atoms with van der Waals surface area (Å²) in [5, 5.41) is 8.76. The van der Waals surface area contributed by atoms with Crippen LogP contribution in [0.15, 0.2) is 29.2 Å². The van der Waals surface area contributed by atoms with E-state index in [0.717, 1.165) is 0 Å². The van der Waals surface area contributed by atoms with Crippen LogP contribution < -0.4 is 0 Å². The molecule has 0 fully saturated rings. The molecule has 0 saturated heterocycles. The van der Waals surface area contributed by atoms with E-state index in [1.165, 1.54) is 28.6 Å². The molecule has 1 rings (SSSR count). The summed E-state index contributed by atoms with van der Waals surface area (Å²) in [5.41, 5.74) is 0.0280. The number of rotatable bonds is 7. The smallest absolute Gasteiger partial charge is 0.335 e. The van der Waals surface area contributed by atoms with Crippen LogP contribution in [-0.2, 0) is 10.0 Å². The molecule has 0 aliphatic rings. The van der Waals surface area contributed by atoms with Crippen molar-refractivity contribution >= 4 is 39.2 Å². The fourth-order valence-corrected chi connectivity index (χ4v) is 3.51. The van der Waals surface area contributed by atoms with Gasteiger partial charge in [0, 0.05) is 24.8 Å². The first-order valence-electron chi connectivity index (χ1n) is 5.39. The van der Waals surface area contributed by atoms with Gasteiger partial charge in [-0.2, -0.15) is 4.31 Å². The fraction of sp³-hybridized carbons (Fsp3) is 0.364. The molecule has 5 nitrogen and oxygen atoms in total. The highest BCUT2D eigenvalue weighted by Gasteiger charge is 2.23. The number of carboxylic acid groups (broad SMARTS) is 1. The van der Waals surface area contributed by atoms with Crippen molar-refractivity contribution in [3.63, 3.8) is 0 Å². The number of benzene rings is 1. The maximum absolute atomic E-state index is 12.3. The number of hydrogen-bond donors (Lipinski definition) is 1. The Morgan fingerprint density at radius 1 is 1.11 bits per heavy atom. The topological polar surface area (TPSA) is 74.7 Å². The number of hydrogen-bond acceptors (Lipinski definition) is 3. The van der Waals surface area contributed by atoms with Gasteiger partial charge in [-0.3, -0.25) is 0 Å². The second-order valence-electron chi connectivity index (χ2n) is 3.61. The number of aromatic carboxylic acids is 1. The minimum absolute atomic E-state index is 0.0210. The molecule has 1 aromatic carbocycles. The highest BCUT2D eigenvalue weighted by Crippen LogP contribution is 2.16. The van der Waals surface area contributed by atoms with E-state index in [1.54, 1.807) is 0 Å². The first-order chi connectivity index (χ1) is 8.93. The Kier molecular flexibility index (Phi) is 6.06. The van der Waals surface area contributed by atoms with Crippen LogP contribution in [-0.4, -0.2) is 48.6 Å². The molecule has 19 heavy (non-hydrogen) atoms. The summed E-state index contributed by atoms with van der Waals surface area (Å²) in [6, 6.07) is 5.01. The third kappa shape index (κ3) is 4.07. The number of nitrogens with zero attached hydrogens (tertiary/aromatic N) is 1. The van der Waals surface area contributed by atoms with E-state index in [0.29, 0.717) is 0 Å². The van der Waals surface area contributed by atoms with Crippen LogP contribution in [0.25, 0.3) is 0 Å². The van der Waals surface area contributed by atoms with Gasteiger partial charge in [-0.1, -0.05) is 0 Å². The third-order valence-electron chi connectivity index (χ3n) is 2.41. The molecule has 0 aliphatic heterocycles. The molecule has 0 aromatic heterocycles. The number of sulfonamides is 1. The summed E-state index contributed by atoms with van der Waals surface area (Å²) < 4.78 is 25.7. The molecule has 1 aromatic rings. The standard InChI is InChI=1S/C11H13Cl2NO4S/c12-5-7-14(8-6-13)19(17,18)10-3-1-9(2-4-10)11(15)16/h1-4H,5-8H2,(H,15,16). The van der Waals surface area contributed by atoms with Gasteiger partial charge in [0.05, 0.1) is 10.5 Å². The number of carbonyl (C=O) groups is 1. The number of alkyl halides is 2. The molecule has 0 bridgehead atoms. The second-order valence-corrected chi connectivity index (χ2v) is 6.31. The van der Waals surface area contributed by atoms with Crippen LogP contribution in [0.1, 0.15) is 10.4 Å². The molecule has 0 heterocycles. The summed E-state index contributed by atoms with van der Waals surface area (Å²) in [5.74, 6) is -0.797. The van der Waals surface area contributed by atoms with E-state index in [4.69, 9.17) is 28.3 Å². The summed E-state index contributed by atoms with van der Waals surface area (Å²) in [6.07, 6.45) is 0. The molecule has 0 aliphatic carbocycles. The van der Waals surface area contributed by atoms with Crippen LogP contribution in [0, 0.1) is 0 Å². The van der Waals surface area contributed by atoms with Crippen molar-refractivity contribution in [2.75, 3.05) is 24.8 Å². The molecule has 1 N–H and O–H groups in total. The maximum atomic E-state index is 12.3. The average Bonchev–Trinajstić information content (AvgIpc) is 2.38. The van der Waals surface area contributed by atoms with E-state index in [2.05, 4.69) is 0 Å². The van der Waals surface area contributed by atoms with Crippen molar-refractivity contribution in [1.82, 2.24) is 4.31 Å². The predicted octanol–water partition coefficient (Wildman–Crippen LogP) is 1.85. The lowest BCUT2D eigenvalue weighted by atomic mass is 10.2. The van der Waals surface area contributed by atoms with Gasteiger partial charge < -0.3 is 5.11 Å². The van der Waals surface area contributed by atoms with Crippen LogP contribution in [0.2, 0.25) is 0 Å². The van der Waals surface area contributed by atoms with Gasteiger partial charge in [-0.15, -0.1) is 23.2 Å². The van der Waals surface area contributed by atoms with Crippen molar-refractivity contribution in [1.29, 1.82) is 0 Å².